The van der Waals surface area contributed by atoms with E-state index in [2.05, 4.69) is 137 Å². The minimum atomic E-state index is 0.327. The van der Waals surface area contributed by atoms with Crippen molar-refractivity contribution in [2.45, 2.75) is 150 Å². The molecule has 0 heteroatoms. The van der Waals surface area contributed by atoms with Crippen molar-refractivity contribution in [3.05, 3.63) is 12.2 Å². The molecule has 0 heterocycles. The van der Waals surface area contributed by atoms with E-state index in [-0.39, 0.29) is 0 Å². The second-order valence-electron chi connectivity index (χ2n) is 16.3. The van der Waals surface area contributed by atoms with Crippen molar-refractivity contribution in [3.8, 4) is 0 Å². The highest BCUT2D eigenvalue weighted by atomic mass is 14.2. The van der Waals surface area contributed by atoms with E-state index < -0.39 is 0 Å². The molecule has 0 N–H and O–H groups in total. The van der Waals surface area contributed by atoms with Crippen LogP contribution in [0.3, 0.4) is 0 Å². The highest BCUT2D eigenvalue weighted by Crippen LogP contribution is 2.30. The van der Waals surface area contributed by atoms with E-state index >= 15 is 0 Å². The maximum absolute atomic E-state index is 2.30. The van der Waals surface area contributed by atoms with Gasteiger partial charge in [-0.05, 0) is 58.2 Å². The maximum Gasteiger partial charge on any atom is -0.0203 e. The molecule has 0 radical (unpaired) electrons. The fraction of sp³-hybridized carbons (Fsp3) is 0.933. The molecule has 0 spiro atoms. The summed E-state index contributed by atoms with van der Waals surface area (Å²) in [6.45, 7) is 41.0. The van der Waals surface area contributed by atoms with Gasteiger partial charge in [-0.15, -0.1) is 0 Å². The van der Waals surface area contributed by atoms with E-state index in [9.17, 15) is 0 Å². The van der Waals surface area contributed by atoms with Crippen LogP contribution in [0.5, 0.6) is 0 Å². The quantitative estimate of drug-likeness (QED) is 0.386. The molecular formula is C30H64. The van der Waals surface area contributed by atoms with Crippen molar-refractivity contribution in [1.29, 1.82) is 0 Å². The Labute approximate surface area is 195 Å². The van der Waals surface area contributed by atoms with Crippen molar-refractivity contribution in [1.82, 2.24) is 0 Å². The largest absolute Gasteiger partial charge is 0.0826 e. The van der Waals surface area contributed by atoms with Gasteiger partial charge in [0.1, 0.15) is 0 Å². The Kier molecular flexibility index (Phi) is 14.5. The van der Waals surface area contributed by atoms with Crippen LogP contribution >= 0.6 is 0 Å². The molecule has 0 rings (SSSR count). The summed E-state index contributed by atoms with van der Waals surface area (Å²) in [5.74, 6) is 0. The van der Waals surface area contributed by atoms with Gasteiger partial charge in [0, 0.05) is 0 Å². The summed E-state index contributed by atoms with van der Waals surface area (Å²) in [4.78, 5) is 0. The van der Waals surface area contributed by atoms with E-state index in [0.29, 0.717) is 32.5 Å². The van der Waals surface area contributed by atoms with Gasteiger partial charge in [0.25, 0.3) is 0 Å². The van der Waals surface area contributed by atoms with Crippen LogP contribution < -0.4 is 0 Å². The summed E-state index contributed by atoms with van der Waals surface area (Å²) < 4.78 is 0. The normalized spacial score (nSPS) is 14.1. The Hall–Kier alpha value is -0.260. The molecule has 0 nitrogen and oxygen atoms in total. The average Bonchev–Trinajstić information content (AvgIpc) is 2.38. The summed E-state index contributed by atoms with van der Waals surface area (Å²) >= 11 is 0. The van der Waals surface area contributed by atoms with Crippen molar-refractivity contribution in [2.24, 2.45) is 32.5 Å². The first kappa shape index (κ1) is 34.4. The highest BCUT2D eigenvalue weighted by molar-refractivity contribution is 4.98. The molecule has 0 aromatic carbocycles. The lowest BCUT2D eigenvalue weighted by molar-refractivity contribution is 0.275. The summed E-state index contributed by atoms with van der Waals surface area (Å²) in [6.07, 6.45) is 9.86. The zero-order valence-electron chi connectivity index (χ0n) is 25.0. The van der Waals surface area contributed by atoms with E-state index in [1.165, 1.54) is 25.7 Å². The SMILES string of the molecule is CC(C)(C)/C=C\C(C)(C)C.CC(C)(C)CCC(C)(C)C.CC(C)(C)CCC(C)(C)C. The molecule has 0 aromatic rings. The Morgan fingerprint density at radius 1 is 0.300 bits per heavy atom. The molecule has 0 atom stereocenters. The molecular weight excluding hydrogens is 360 g/mol. The second kappa shape index (κ2) is 12.7. The lowest BCUT2D eigenvalue weighted by atomic mass is 9.81. The molecule has 0 aromatic heterocycles. The van der Waals surface area contributed by atoms with Crippen LogP contribution in [-0.4, -0.2) is 0 Å². The zero-order chi connectivity index (χ0) is 25.2. The Balaban J connectivity index is -0.000000364. The van der Waals surface area contributed by atoms with Gasteiger partial charge < -0.3 is 0 Å². The zero-order valence-corrected chi connectivity index (χ0v) is 25.0. The van der Waals surface area contributed by atoms with E-state index in [1.807, 2.05) is 0 Å². The molecule has 0 bridgehead atoms. The number of hydrogen-bond donors (Lipinski definition) is 0. The monoisotopic (exact) mass is 425 g/mol. The number of allylic oxidation sites excluding steroid dienone is 2. The molecule has 0 amide bonds. The minimum Gasteiger partial charge on any atom is -0.0826 e. The summed E-state index contributed by atoms with van der Waals surface area (Å²) in [7, 11) is 0. The van der Waals surface area contributed by atoms with Gasteiger partial charge in [0.15, 0.2) is 0 Å². The third-order valence-electron chi connectivity index (χ3n) is 4.33. The van der Waals surface area contributed by atoms with Gasteiger partial charge in [0.05, 0.1) is 0 Å². The van der Waals surface area contributed by atoms with Crippen LogP contribution in [0.4, 0.5) is 0 Å². The number of rotatable bonds is 2. The molecule has 0 aliphatic carbocycles. The van der Waals surface area contributed by atoms with Crippen molar-refractivity contribution < 1.29 is 0 Å². The number of hydrogen-bond acceptors (Lipinski definition) is 0. The van der Waals surface area contributed by atoms with Gasteiger partial charge in [-0.25, -0.2) is 0 Å². The second-order valence-corrected chi connectivity index (χ2v) is 16.3. The van der Waals surface area contributed by atoms with Crippen molar-refractivity contribution in [2.75, 3.05) is 0 Å². The third kappa shape index (κ3) is 46.1. The topological polar surface area (TPSA) is 0 Å². The molecule has 0 aliphatic heterocycles. The molecule has 0 unspecified atom stereocenters. The lowest BCUT2D eigenvalue weighted by Gasteiger charge is -2.24. The van der Waals surface area contributed by atoms with Gasteiger partial charge in [-0.2, -0.15) is 0 Å². The summed E-state index contributed by atoms with van der Waals surface area (Å²) in [5.41, 5.74) is 2.68. The van der Waals surface area contributed by atoms with Gasteiger partial charge >= 0.3 is 0 Å². The van der Waals surface area contributed by atoms with Crippen LogP contribution in [0.1, 0.15) is 150 Å². The highest BCUT2D eigenvalue weighted by Gasteiger charge is 2.17. The first-order valence-electron chi connectivity index (χ1n) is 12.3. The fourth-order valence-electron chi connectivity index (χ4n) is 2.00. The molecule has 184 valence electrons. The molecule has 0 saturated heterocycles. The predicted molar refractivity (Wildman–Crippen MR) is 144 cm³/mol. The standard InChI is InChI=1S/2C10H22.C10H20/c3*1-9(2,3)7-8-10(4,5)6/h2*7-8H2,1-6H3;7-8H,1-6H3/b;;8-7-. The van der Waals surface area contributed by atoms with Crippen LogP contribution in [0.25, 0.3) is 0 Å². The Bertz CT molecular complexity index is 361. The molecule has 30 heavy (non-hydrogen) atoms. The van der Waals surface area contributed by atoms with Crippen molar-refractivity contribution >= 4 is 0 Å². The Morgan fingerprint density at radius 2 is 0.433 bits per heavy atom. The van der Waals surface area contributed by atoms with Gasteiger partial charge in [0.2, 0.25) is 0 Å². The van der Waals surface area contributed by atoms with Crippen LogP contribution in [0, 0.1) is 32.5 Å². The fourth-order valence-corrected chi connectivity index (χ4v) is 2.00. The van der Waals surface area contributed by atoms with Gasteiger partial charge in [-0.1, -0.05) is 137 Å². The third-order valence-corrected chi connectivity index (χ3v) is 4.33. The molecule has 0 aliphatic rings. The predicted octanol–water partition coefficient (Wildman–Crippen LogP) is 11.4. The first-order chi connectivity index (χ1) is 12.6. The summed E-state index contributed by atoms with van der Waals surface area (Å²) in [6, 6.07) is 0. The lowest BCUT2D eigenvalue weighted by Crippen LogP contribution is -2.12. The maximum atomic E-state index is 2.30. The smallest absolute Gasteiger partial charge is 0.0203 e. The van der Waals surface area contributed by atoms with Crippen LogP contribution in [-0.2, 0) is 0 Å². The van der Waals surface area contributed by atoms with E-state index in [0.717, 1.165) is 0 Å². The summed E-state index contributed by atoms with van der Waals surface area (Å²) in [5, 5.41) is 0. The average molecular weight is 425 g/mol. The van der Waals surface area contributed by atoms with Crippen molar-refractivity contribution in [3.63, 3.8) is 0 Å². The van der Waals surface area contributed by atoms with Crippen LogP contribution in [0.15, 0.2) is 12.2 Å². The first-order valence-corrected chi connectivity index (χ1v) is 12.3. The minimum absolute atomic E-state index is 0.327. The van der Waals surface area contributed by atoms with E-state index in [1.54, 1.807) is 0 Å². The molecule has 0 saturated carbocycles. The Morgan fingerprint density at radius 3 is 0.500 bits per heavy atom. The van der Waals surface area contributed by atoms with E-state index in [4.69, 9.17) is 0 Å². The van der Waals surface area contributed by atoms with Crippen LogP contribution in [0.2, 0.25) is 0 Å². The molecule has 0 fully saturated rings. The van der Waals surface area contributed by atoms with Gasteiger partial charge in [-0.3, -0.25) is 0 Å².